The molecule has 90 valence electrons. The lowest BCUT2D eigenvalue weighted by atomic mass is 9.30. The van der Waals surface area contributed by atoms with Crippen LogP contribution in [-0.4, -0.2) is 38.3 Å². The van der Waals surface area contributed by atoms with Gasteiger partial charge >= 0.3 is 6.15 Å². The van der Waals surface area contributed by atoms with E-state index in [4.69, 9.17) is 21.0 Å². The second-order valence-corrected chi connectivity index (χ2v) is 4.75. The molecule has 0 aliphatic rings. The fraction of sp³-hybridized carbons (Fsp3) is 0.636. The van der Waals surface area contributed by atoms with Crippen molar-refractivity contribution in [3.63, 3.8) is 0 Å². The Kier molecular flexibility index (Phi) is 8.36. The molecule has 0 N–H and O–H groups in total. The maximum atomic E-state index is 8.09. The summed E-state index contributed by atoms with van der Waals surface area (Å²) in [5, 5.41) is 32.3. The highest BCUT2D eigenvalue weighted by Gasteiger charge is 2.22. The number of nitriles is 4. The highest BCUT2D eigenvalue weighted by molar-refractivity contribution is 7.05. The van der Waals surface area contributed by atoms with Crippen molar-refractivity contribution in [3.8, 4) is 23.9 Å². The lowest BCUT2D eigenvalue weighted by Crippen LogP contribution is -2.35. The van der Waals surface area contributed by atoms with E-state index in [-0.39, 0.29) is 0 Å². The monoisotopic (exact) mass is 231 g/mol. The highest BCUT2D eigenvalue weighted by Crippen LogP contribution is 1.95. The second kappa shape index (κ2) is 8.17. The molecule has 0 unspecified atom stereocenters. The molecule has 0 saturated carbocycles. The SMILES string of the molecule is CCCC[N+](C)(C)C.N#C[B-](C#N)(C#N)C#N. The number of hydrogen-bond donors (Lipinski definition) is 0. The zero-order valence-corrected chi connectivity index (χ0v) is 10.9. The lowest BCUT2D eigenvalue weighted by molar-refractivity contribution is -0.870. The van der Waals surface area contributed by atoms with Gasteiger partial charge in [0.05, 0.1) is 27.7 Å². The van der Waals surface area contributed by atoms with E-state index in [2.05, 4.69) is 28.1 Å². The molecular formula is C11H18BN5. The van der Waals surface area contributed by atoms with E-state index in [1.54, 1.807) is 0 Å². The molecule has 6 heteroatoms. The van der Waals surface area contributed by atoms with Crippen LogP contribution < -0.4 is 0 Å². The summed E-state index contributed by atoms with van der Waals surface area (Å²) in [5.41, 5.74) is 0. The summed E-state index contributed by atoms with van der Waals surface area (Å²) in [6, 6.07) is 0. The van der Waals surface area contributed by atoms with Crippen LogP contribution >= 0.6 is 0 Å². The van der Waals surface area contributed by atoms with Crippen molar-refractivity contribution >= 4 is 6.15 Å². The first kappa shape index (κ1) is 17.4. The van der Waals surface area contributed by atoms with Crippen LogP contribution in [0.15, 0.2) is 0 Å². The van der Waals surface area contributed by atoms with Crippen LogP contribution in [0.25, 0.3) is 0 Å². The Morgan fingerprint density at radius 3 is 1.29 bits per heavy atom. The minimum atomic E-state index is -2.72. The molecule has 0 heterocycles. The second-order valence-electron chi connectivity index (χ2n) is 4.75. The first-order valence-electron chi connectivity index (χ1n) is 5.41. The van der Waals surface area contributed by atoms with Crippen molar-refractivity contribution in [2.24, 2.45) is 0 Å². The van der Waals surface area contributed by atoms with E-state index < -0.39 is 6.15 Å². The van der Waals surface area contributed by atoms with Gasteiger partial charge in [0, 0.05) is 0 Å². The Balaban J connectivity index is 0. The van der Waals surface area contributed by atoms with E-state index in [1.807, 2.05) is 0 Å². The quantitative estimate of drug-likeness (QED) is 0.538. The maximum Gasteiger partial charge on any atom is 0.383 e. The molecule has 0 bridgehead atoms. The van der Waals surface area contributed by atoms with Crippen LogP contribution in [-0.2, 0) is 0 Å². The summed E-state index contributed by atoms with van der Waals surface area (Å²) in [6.07, 6.45) is -0.0565. The third-order valence-electron chi connectivity index (χ3n) is 1.96. The number of hydrogen-bond acceptors (Lipinski definition) is 4. The summed E-state index contributed by atoms with van der Waals surface area (Å²) in [5.74, 6) is 5.38. The molecule has 0 rings (SSSR count). The average Bonchev–Trinajstić information content (AvgIpc) is 2.30. The molecule has 0 saturated heterocycles. The fourth-order valence-corrected chi connectivity index (χ4v) is 0.806. The number of unbranched alkanes of at least 4 members (excludes halogenated alkanes) is 1. The van der Waals surface area contributed by atoms with E-state index >= 15 is 0 Å². The zero-order valence-electron chi connectivity index (χ0n) is 10.9. The van der Waals surface area contributed by atoms with Crippen molar-refractivity contribution in [2.75, 3.05) is 27.7 Å². The van der Waals surface area contributed by atoms with Gasteiger partial charge in [-0.1, -0.05) is 13.3 Å². The minimum Gasteiger partial charge on any atom is -0.331 e. The van der Waals surface area contributed by atoms with Crippen LogP contribution in [0.4, 0.5) is 0 Å². The van der Waals surface area contributed by atoms with Gasteiger partial charge in [-0.3, -0.25) is 0 Å². The zero-order chi connectivity index (χ0) is 13.9. The predicted molar refractivity (Wildman–Crippen MR) is 66.0 cm³/mol. The standard InChI is InChI=1S/C7H18N.C4BN4/c1-5-6-7-8(2,3)4;6-1-5(2-7,3-8)4-9/h5-7H2,1-4H3;/q+1;-1. The van der Waals surface area contributed by atoms with Crippen LogP contribution in [0, 0.1) is 44.9 Å². The predicted octanol–water partition coefficient (Wildman–Crippen LogP) is 1.18. The summed E-state index contributed by atoms with van der Waals surface area (Å²) in [6.45, 7) is 3.53. The molecule has 0 fully saturated rings. The molecule has 0 aromatic carbocycles. The third kappa shape index (κ3) is 8.95. The van der Waals surface area contributed by atoms with Crippen LogP contribution in [0.2, 0.25) is 0 Å². The molecule has 0 aromatic heterocycles. The molecule has 0 spiro atoms. The van der Waals surface area contributed by atoms with Crippen LogP contribution in [0.3, 0.4) is 0 Å². The van der Waals surface area contributed by atoms with Crippen molar-refractivity contribution in [3.05, 3.63) is 0 Å². The molecule has 0 aromatic rings. The highest BCUT2D eigenvalue weighted by atomic mass is 15.3. The van der Waals surface area contributed by atoms with Gasteiger partial charge in [0.1, 0.15) is 0 Å². The smallest absolute Gasteiger partial charge is 0.331 e. The Morgan fingerprint density at radius 2 is 1.24 bits per heavy atom. The fourth-order valence-electron chi connectivity index (χ4n) is 0.806. The van der Waals surface area contributed by atoms with Gasteiger partial charge in [0.15, 0.2) is 0 Å². The Labute approximate surface area is 104 Å². The van der Waals surface area contributed by atoms with E-state index in [1.165, 1.54) is 43.3 Å². The minimum absolute atomic E-state index is 1.10. The van der Waals surface area contributed by atoms with Gasteiger partial charge < -0.3 is 4.48 Å². The van der Waals surface area contributed by atoms with E-state index in [9.17, 15) is 0 Å². The van der Waals surface area contributed by atoms with Crippen LogP contribution in [0.5, 0.6) is 0 Å². The van der Waals surface area contributed by atoms with E-state index in [0.717, 1.165) is 4.48 Å². The average molecular weight is 231 g/mol. The number of quaternary nitrogens is 1. The Morgan fingerprint density at radius 1 is 0.882 bits per heavy atom. The van der Waals surface area contributed by atoms with Crippen molar-refractivity contribution in [1.29, 1.82) is 21.0 Å². The molecule has 0 aliphatic heterocycles. The van der Waals surface area contributed by atoms with Crippen molar-refractivity contribution in [2.45, 2.75) is 19.8 Å². The molecule has 17 heavy (non-hydrogen) atoms. The van der Waals surface area contributed by atoms with Gasteiger partial charge in [-0.05, 0) is 6.42 Å². The first-order valence-corrected chi connectivity index (χ1v) is 5.41. The molecule has 0 radical (unpaired) electrons. The molecule has 0 aliphatic carbocycles. The van der Waals surface area contributed by atoms with Crippen molar-refractivity contribution in [1.82, 2.24) is 0 Å². The van der Waals surface area contributed by atoms with Crippen LogP contribution in [0.1, 0.15) is 19.8 Å². The normalized spacial score (nSPS) is 9.65. The lowest BCUT2D eigenvalue weighted by Gasteiger charge is -2.23. The van der Waals surface area contributed by atoms with Gasteiger partial charge in [-0.15, -0.1) is 23.9 Å². The Hall–Kier alpha value is -2.02. The number of nitrogens with zero attached hydrogens (tertiary/aromatic N) is 5. The van der Waals surface area contributed by atoms with Gasteiger partial charge in [0.25, 0.3) is 0 Å². The summed E-state index contributed by atoms with van der Waals surface area (Å²) in [4.78, 5) is 0. The number of rotatable bonds is 3. The Bertz CT molecular complexity index is 321. The van der Waals surface area contributed by atoms with Gasteiger partial charge in [-0.25, -0.2) is 21.0 Å². The topological polar surface area (TPSA) is 95.2 Å². The summed E-state index contributed by atoms with van der Waals surface area (Å²) < 4.78 is 1.10. The third-order valence-corrected chi connectivity index (χ3v) is 1.96. The molecular weight excluding hydrogens is 213 g/mol. The van der Waals surface area contributed by atoms with Gasteiger partial charge in [0.2, 0.25) is 0 Å². The summed E-state index contributed by atoms with van der Waals surface area (Å²) in [7, 11) is 6.70. The van der Waals surface area contributed by atoms with Crippen molar-refractivity contribution < 1.29 is 4.48 Å². The van der Waals surface area contributed by atoms with Gasteiger partial charge in [-0.2, -0.15) is 0 Å². The largest absolute Gasteiger partial charge is 0.383 e. The van der Waals surface area contributed by atoms with E-state index in [0.29, 0.717) is 0 Å². The summed E-state index contributed by atoms with van der Waals surface area (Å²) >= 11 is 0. The molecule has 0 atom stereocenters. The molecule has 5 nitrogen and oxygen atoms in total. The first-order chi connectivity index (χ1) is 7.80. The molecule has 0 amide bonds. The maximum absolute atomic E-state index is 8.09.